The molecule has 2 aliphatic carbocycles. The molecule has 2 N–H and O–H groups in total. The van der Waals surface area contributed by atoms with Crippen molar-refractivity contribution in [3.63, 3.8) is 0 Å². The molecule has 2 aliphatic rings. The third-order valence-corrected chi connectivity index (χ3v) is 6.05. The van der Waals surface area contributed by atoms with Crippen molar-refractivity contribution < 1.29 is 23.8 Å². The van der Waals surface area contributed by atoms with Crippen LogP contribution in [0.25, 0.3) is 0 Å². The van der Waals surface area contributed by atoms with E-state index in [2.05, 4.69) is 10.6 Å². The van der Waals surface area contributed by atoms with Crippen molar-refractivity contribution in [2.75, 3.05) is 13.2 Å². The van der Waals surface area contributed by atoms with Gasteiger partial charge in [-0.15, -0.1) is 0 Å². The number of alkyl carbamates (subject to hydrolysis) is 2. The summed E-state index contributed by atoms with van der Waals surface area (Å²) in [6.45, 7) is 2.01. The molecule has 2 fully saturated rings. The van der Waals surface area contributed by atoms with Crippen molar-refractivity contribution in [3.8, 4) is 5.75 Å². The van der Waals surface area contributed by atoms with Gasteiger partial charge in [0.25, 0.3) is 0 Å². The molecule has 1 atom stereocenters. The number of carbonyl (C=O) groups excluding carboxylic acids is 2. The lowest BCUT2D eigenvalue weighted by molar-refractivity contribution is 0.0171. The van der Waals surface area contributed by atoms with Gasteiger partial charge in [0.15, 0.2) is 6.10 Å². The SMILES string of the molecule is Cc1ccccc1OC[C@H](COC(=O)NC1CCCCC1)OC(=O)NC1CCCCC1. The molecule has 1 aromatic carbocycles. The van der Waals surface area contributed by atoms with Crippen LogP contribution in [0.15, 0.2) is 24.3 Å². The number of nitrogens with one attached hydrogen (secondary N) is 2. The largest absolute Gasteiger partial charge is 0.489 e. The normalized spacial score (nSPS) is 18.6. The van der Waals surface area contributed by atoms with Gasteiger partial charge in [0.05, 0.1) is 0 Å². The van der Waals surface area contributed by atoms with Crippen molar-refractivity contribution in [2.24, 2.45) is 0 Å². The van der Waals surface area contributed by atoms with Crippen molar-refractivity contribution >= 4 is 12.2 Å². The van der Waals surface area contributed by atoms with Crippen LogP contribution < -0.4 is 15.4 Å². The Hall–Kier alpha value is -2.44. The van der Waals surface area contributed by atoms with Crippen molar-refractivity contribution in [1.29, 1.82) is 0 Å². The summed E-state index contributed by atoms with van der Waals surface area (Å²) in [5, 5.41) is 5.86. The van der Waals surface area contributed by atoms with Gasteiger partial charge in [-0.3, -0.25) is 0 Å². The van der Waals surface area contributed by atoms with Crippen LogP contribution in [0.2, 0.25) is 0 Å². The van der Waals surface area contributed by atoms with E-state index in [9.17, 15) is 9.59 Å². The highest BCUT2D eigenvalue weighted by atomic mass is 16.6. The maximum absolute atomic E-state index is 12.4. The highest BCUT2D eigenvalue weighted by Crippen LogP contribution is 2.19. The summed E-state index contributed by atoms with van der Waals surface area (Å²) < 4.78 is 16.8. The second kappa shape index (κ2) is 12.4. The zero-order valence-corrected chi connectivity index (χ0v) is 18.6. The second-order valence-electron chi connectivity index (χ2n) is 8.66. The minimum Gasteiger partial charge on any atom is -0.489 e. The first-order valence-corrected chi connectivity index (χ1v) is 11.7. The number of benzene rings is 1. The van der Waals surface area contributed by atoms with Crippen molar-refractivity contribution in [3.05, 3.63) is 29.8 Å². The number of amides is 2. The molecule has 31 heavy (non-hydrogen) atoms. The quantitative estimate of drug-likeness (QED) is 0.613. The zero-order valence-electron chi connectivity index (χ0n) is 18.6. The molecule has 0 saturated heterocycles. The van der Waals surface area contributed by atoms with Crippen LogP contribution in [0.1, 0.15) is 69.8 Å². The topological polar surface area (TPSA) is 85.9 Å². The van der Waals surface area contributed by atoms with E-state index in [4.69, 9.17) is 14.2 Å². The van der Waals surface area contributed by atoms with E-state index in [1.807, 2.05) is 31.2 Å². The summed E-state index contributed by atoms with van der Waals surface area (Å²) in [6, 6.07) is 7.96. The standard InChI is InChI=1S/C24H36N2O5/c1-18-10-8-9-15-22(18)29-16-21(31-24(28)26-20-13-6-3-7-14-20)17-30-23(27)25-19-11-4-2-5-12-19/h8-10,15,19-21H,2-7,11-14,16-17H2,1H3,(H,25,27)(H,26,28)/t21-/m1/s1. The molecule has 0 aliphatic heterocycles. The Morgan fingerprint density at radius 2 is 1.45 bits per heavy atom. The summed E-state index contributed by atoms with van der Waals surface area (Å²) in [4.78, 5) is 24.6. The fraction of sp³-hybridized carbons (Fsp3) is 0.667. The smallest absolute Gasteiger partial charge is 0.407 e. The van der Waals surface area contributed by atoms with Gasteiger partial charge >= 0.3 is 12.2 Å². The first-order chi connectivity index (χ1) is 15.1. The summed E-state index contributed by atoms with van der Waals surface area (Å²) in [7, 11) is 0. The van der Waals surface area contributed by atoms with Crippen LogP contribution >= 0.6 is 0 Å². The van der Waals surface area contributed by atoms with Crippen molar-refractivity contribution in [1.82, 2.24) is 10.6 Å². The maximum Gasteiger partial charge on any atom is 0.407 e. The van der Waals surface area contributed by atoms with E-state index in [-0.39, 0.29) is 25.3 Å². The molecule has 7 nitrogen and oxygen atoms in total. The van der Waals surface area contributed by atoms with E-state index in [1.54, 1.807) is 0 Å². The summed E-state index contributed by atoms with van der Waals surface area (Å²) in [5.74, 6) is 0.718. The third-order valence-electron chi connectivity index (χ3n) is 6.05. The average Bonchev–Trinajstić information content (AvgIpc) is 2.78. The van der Waals surface area contributed by atoms with Gasteiger partial charge in [0.2, 0.25) is 0 Å². The number of hydrogen-bond acceptors (Lipinski definition) is 5. The van der Waals surface area contributed by atoms with Crippen LogP contribution in [-0.4, -0.2) is 43.6 Å². The van der Waals surface area contributed by atoms with Gasteiger partial charge in [-0.05, 0) is 44.2 Å². The van der Waals surface area contributed by atoms with Gasteiger partial charge in [-0.1, -0.05) is 56.7 Å². The number of hydrogen-bond donors (Lipinski definition) is 2. The highest BCUT2D eigenvalue weighted by Gasteiger charge is 2.23. The Balaban J connectivity index is 1.50. The Morgan fingerprint density at radius 3 is 2.06 bits per heavy atom. The summed E-state index contributed by atoms with van der Waals surface area (Å²) in [6.07, 6.45) is 9.18. The van der Waals surface area contributed by atoms with E-state index >= 15 is 0 Å². The first kappa shape index (κ1) is 23.2. The molecule has 0 spiro atoms. The predicted octanol–water partition coefficient (Wildman–Crippen LogP) is 4.86. The molecule has 3 rings (SSSR count). The average molecular weight is 433 g/mol. The molecule has 0 aromatic heterocycles. The molecule has 0 bridgehead atoms. The molecule has 0 unspecified atom stereocenters. The fourth-order valence-electron chi connectivity index (χ4n) is 4.24. The molecule has 0 heterocycles. The third kappa shape index (κ3) is 8.31. The van der Waals surface area contributed by atoms with E-state index in [0.717, 1.165) is 62.7 Å². The zero-order chi connectivity index (χ0) is 21.9. The van der Waals surface area contributed by atoms with Crippen LogP contribution in [0, 0.1) is 6.92 Å². The molecule has 172 valence electrons. The minimum absolute atomic E-state index is 0.0531. The lowest BCUT2D eigenvalue weighted by Gasteiger charge is -2.25. The fourth-order valence-corrected chi connectivity index (χ4v) is 4.24. The van der Waals surface area contributed by atoms with Gasteiger partial charge in [-0.25, -0.2) is 9.59 Å². The van der Waals surface area contributed by atoms with Gasteiger partial charge < -0.3 is 24.8 Å². The van der Waals surface area contributed by atoms with E-state index in [0.29, 0.717) is 0 Å². The molecule has 1 aromatic rings. The molecule has 2 saturated carbocycles. The van der Waals surface area contributed by atoms with Gasteiger partial charge in [0.1, 0.15) is 19.0 Å². The summed E-state index contributed by atoms with van der Waals surface area (Å²) >= 11 is 0. The number of para-hydroxylation sites is 1. The summed E-state index contributed by atoms with van der Waals surface area (Å²) in [5.41, 5.74) is 0.990. The Labute approximate surface area is 185 Å². The van der Waals surface area contributed by atoms with Crippen molar-refractivity contribution in [2.45, 2.75) is 89.3 Å². The number of ether oxygens (including phenoxy) is 3. The number of aryl methyl sites for hydroxylation is 1. The van der Waals surface area contributed by atoms with Crippen LogP contribution in [0.5, 0.6) is 5.75 Å². The molecule has 2 amide bonds. The first-order valence-electron chi connectivity index (χ1n) is 11.7. The van der Waals surface area contributed by atoms with E-state index in [1.165, 1.54) is 12.8 Å². The van der Waals surface area contributed by atoms with Crippen LogP contribution in [0.4, 0.5) is 9.59 Å². The Kier molecular flexibility index (Phi) is 9.31. The Bertz CT molecular complexity index is 699. The molecule has 7 heteroatoms. The molecule has 0 radical (unpaired) electrons. The predicted molar refractivity (Wildman–Crippen MR) is 118 cm³/mol. The second-order valence-corrected chi connectivity index (χ2v) is 8.66. The highest BCUT2D eigenvalue weighted by molar-refractivity contribution is 5.68. The van der Waals surface area contributed by atoms with Crippen LogP contribution in [-0.2, 0) is 9.47 Å². The number of carbonyl (C=O) groups is 2. The Morgan fingerprint density at radius 1 is 0.871 bits per heavy atom. The minimum atomic E-state index is -0.694. The number of rotatable bonds is 8. The molecular formula is C24H36N2O5. The lowest BCUT2D eigenvalue weighted by Crippen LogP contribution is -2.42. The lowest BCUT2D eigenvalue weighted by atomic mass is 9.96. The molecular weight excluding hydrogens is 396 g/mol. The van der Waals surface area contributed by atoms with Crippen LogP contribution in [0.3, 0.4) is 0 Å². The van der Waals surface area contributed by atoms with Gasteiger partial charge in [0, 0.05) is 12.1 Å². The van der Waals surface area contributed by atoms with E-state index < -0.39 is 18.3 Å². The monoisotopic (exact) mass is 432 g/mol. The maximum atomic E-state index is 12.4. The van der Waals surface area contributed by atoms with Gasteiger partial charge in [-0.2, -0.15) is 0 Å².